The first-order chi connectivity index (χ1) is 6.83. The summed E-state index contributed by atoms with van der Waals surface area (Å²) in [6.45, 7) is 0. The predicted octanol–water partition coefficient (Wildman–Crippen LogP) is 3.65. The van der Waals surface area contributed by atoms with Crippen LogP contribution in [0, 0.1) is 0 Å². The maximum atomic E-state index is 12.0. The van der Waals surface area contributed by atoms with Crippen molar-refractivity contribution in [2.24, 2.45) is 0 Å². The minimum absolute atomic E-state index is 0.109. The summed E-state index contributed by atoms with van der Waals surface area (Å²) >= 11 is 4.22. The van der Waals surface area contributed by atoms with Gasteiger partial charge in [-0.2, -0.15) is 0 Å². The highest BCUT2D eigenvalue weighted by Crippen LogP contribution is 2.37. The van der Waals surface area contributed by atoms with Gasteiger partial charge in [-0.1, -0.05) is 0 Å². The normalized spacial score (nSPS) is 11.5. The van der Waals surface area contributed by atoms with Crippen LogP contribution in [0.15, 0.2) is 21.5 Å². The maximum Gasteiger partial charge on any atom is 0.573 e. The van der Waals surface area contributed by atoms with Gasteiger partial charge in [0.25, 0.3) is 0 Å². The zero-order chi connectivity index (χ0) is 11.6. The van der Waals surface area contributed by atoms with Crippen LogP contribution in [0.25, 0.3) is 0 Å². The summed E-state index contributed by atoms with van der Waals surface area (Å²) in [7, 11) is 0. The lowest BCUT2D eigenvalue weighted by molar-refractivity contribution is -0.274. The van der Waals surface area contributed by atoms with Gasteiger partial charge in [-0.05, 0) is 34.3 Å². The Morgan fingerprint density at radius 2 is 2.00 bits per heavy atom. The number of alkyl halides is 3. The third-order valence-corrected chi connectivity index (χ3v) is 3.06. The molecule has 0 spiro atoms. The third kappa shape index (κ3) is 3.49. The molecule has 84 valence electrons. The second kappa shape index (κ2) is 4.52. The molecule has 0 aliphatic carbocycles. The van der Waals surface area contributed by atoms with Crippen LogP contribution >= 0.6 is 27.7 Å². The van der Waals surface area contributed by atoms with Crippen LogP contribution in [0.3, 0.4) is 0 Å². The number of hydrogen-bond donors (Lipinski definition) is 1. The Hall–Kier alpha value is -0.560. The Labute approximate surface area is 97.1 Å². The van der Waals surface area contributed by atoms with Crippen molar-refractivity contribution in [1.82, 2.24) is 0 Å². The number of rotatable bonds is 2. The van der Waals surface area contributed by atoms with Crippen LogP contribution in [0.1, 0.15) is 0 Å². The van der Waals surface area contributed by atoms with Gasteiger partial charge in [0.05, 0.1) is 10.2 Å². The van der Waals surface area contributed by atoms with Crippen LogP contribution < -0.4 is 10.5 Å². The van der Waals surface area contributed by atoms with E-state index in [-0.39, 0.29) is 15.9 Å². The predicted molar refractivity (Wildman–Crippen MR) is 57.0 cm³/mol. The number of nitrogens with two attached hydrogens (primary N) is 1. The standard InChI is InChI=1S/C8H7BrF3NOS/c1-15-4-2-5(13)7(9)6(3-4)14-8(10,11)12/h2-3H,13H2,1H3. The van der Waals surface area contributed by atoms with Crippen molar-refractivity contribution in [2.75, 3.05) is 12.0 Å². The minimum Gasteiger partial charge on any atom is -0.404 e. The van der Waals surface area contributed by atoms with Crippen molar-refractivity contribution in [3.8, 4) is 5.75 Å². The number of anilines is 1. The van der Waals surface area contributed by atoms with E-state index in [9.17, 15) is 13.2 Å². The lowest BCUT2D eigenvalue weighted by Gasteiger charge is -2.12. The molecule has 0 aromatic heterocycles. The topological polar surface area (TPSA) is 35.2 Å². The molecule has 1 rings (SSSR count). The highest BCUT2D eigenvalue weighted by molar-refractivity contribution is 9.10. The Morgan fingerprint density at radius 3 is 2.47 bits per heavy atom. The quantitative estimate of drug-likeness (QED) is 0.669. The van der Waals surface area contributed by atoms with Crippen molar-refractivity contribution < 1.29 is 17.9 Å². The molecule has 0 bridgehead atoms. The van der Waals surface area contributed by atoms with Gasteiger partial charge in [0, 0.05) is 4.90 Å². The van der Waals surface area contributed by atoms with Gasteiger partial charge in [-0.25, -0.2) is 0 Å². The first-order valence-electron chi connectivity index (χ1n) is 3.72. The van der Waals surface area contributed by atoms with Crippen molar-refractivity contribution in [1.29, 1.82) is 0 Å². The van der Waals surface area contributed by atoms with Crippen LogP contribution in [0.2, 0.25) is 0 Å². The van der Waals surface area contributed by atoms with E-state index in [0.29, 0.717) is 4.90 Å². The molecule has 2 nitrogen and oxygen atoms in total. The summed E-state index contributed by atoms with van der Waals surface area (Å²) in [5, 5.41) is 0. The number of nitrogen functional groups attached to an aromatic ring is 1. The second-order valence-corrected chi connectivity index (χ2v) is 4.25. The fraction of sp³-hybridized carbons (Fsp3) is 0.250. The summed E-state index contributed by atoms with van der Waals surface area (Å²) < 4.78 is 39.9. The van der Waals surface area contributed by atoms with Crippen LogP contribution in [0.5, 0.6) is 5.75 Å². The van der Waals surface area contributed by atoms with E-state index in [1.165, 1.54) is 17.8 Å². The molecule has 0 saturated heterocycles. The molecule has 0 unspecified atom stereocenters. The molecule has 7 heteroatoms. The van der Waals surface area contributed by atoms with Crippen molar-refractivity contribution >= 4 is 33.4 Å². The number of thioether (sulfide) groups is 1. The van der Waals surface area contributed by atoms with Gasteiger partial charge >= 0.3 is 6.36 Å². The van der Waals surface area contributed by atoms with Gasteiger partial charge in [0.15, 0.2) is 0 Å². The summed E-state index contributed by atoms with van der Waals surface area (Å²) in [5.41, 5.74) is 5.72. The van der Waals surface area contributed by atoms with E-state index >= 15 is 0 Å². The average molecular weight is 302 g/mol. The molecule has 1 aromatic carbocycles. The van der Waals surface area contributed by atoms with E-state index in [2.05, 4.69) is 20.7 Å². The van der Waals surface area contributed by atoms with Gasteiger partial charge in [-0.15, -0.1) is 24.9 Å². The molecule has 0 aliphatic rings. The van der Waals surface area contributed by atoms with Gasteiger partial charge in [-0.3, -0.25) is 0 Å². The van der Waals surface area contributed by atoms with Crippen molar-refractivity contribution in [2.45, 2.75) is 11.3 Å². The molecule has 15 heavy (non-hydrogen) atoms. The Morgan fingerprint density at radius 1 is 1.40 bits per heavy atom. The van der Waals surface area contributed by atoms with Crippen molar-refractivity contribution in [3.63, 3.8) is 0 Å². The largest absolute Gasteiger partial charge is 0.573 e. The SMILES string of the molecule is CSc1cc(N)c(Br)c(OC(F)(F)F)c1. The molecule has 0 aliphatic heterocycles. The zero-order valence-electron chi connectivity index (χ0n) is 7.56. The number of halogens is 4. The fourth-order valence-electron chi connectivity index (χ4n) is 0.910. The van der Waals surface area contributed by atoms with Crippen molar-refractivity contribution in [3.05, 3.63) is 16.6 Å². The first kappa shape index (κ1) is 12.5. The molecule has 0 radical (unpaired) electrons. The fourth-order valence-corrected chi connectivity index (χ4v) is 1.69. The maximum absolute atomic E-state index is 12.0. The molecule has 0 heterocycles. The molecule has 1 aromatic rings. The van der Waals surface area contributed by atoms with E-state index < -0.39 is 6.36 Å². The van der Waals surface area contributed by atoms with E-state index in [0.717, 1.165) is 0 Å². The molecule has 0 atom stereocenters. The number of ether oxygens (including phenoxy) is 1. The molecule has 0 amide bonds. The monoisotopic (exact) mass is 301 g/mol. The highest BCUT2D eigenvalue weighted by atomic mass is 79.9. The lowest BCUT2D eigenvalue weighted by atomic mass is 10.3. The van der Waals surface area contributed by atoms with E-state index in [1.807, 2.05) is 0 Å². The second-order valence-electron chi connectivity index (χ2n) is 2.58. The summed E-state index contributed by atoms with van der Waals surface area (Å²) in [4.78, 5) is 0.606. The van der Waals surface area contributed by atoms with Gasteiger partial charge in [0.2, 0.25) is 0 Å². The molecular formula is C8H7BrF3NOS. The highest BCUT2D eigenvalue weighted by Gasteiger charge is 2.32. The Bertz CT molecular complexity index is 370. The number of hydrogen-bond acceptors (Lipinski definition) is 3. The Balaban J connectivity index is 3.11. The zero-order valence-corrected chi connectivity index (χ0v) is 9.96. The third-order valence-electron chi connectivity index (χ3n) is 1.50. The van der Waals surface area contributed by atoms with Gasteiger partial charge < -0.3 is 10.5 Å². The van der Waals surface area contributed by atoms with E-state index in [4.69, 9.17) is 5.73 Å². The summed E-state index contributed by atoms with van der Waals surface area (Å²) in [6, 6.07) is 2.84. The van der Waals surface area contributed by atoms with Gasteiger partial charge in [0.1, 0.15) is 5.75 Å². The molecule has 0 fully saturated rings. The molecule has 2 N–H and O–H groups in total. The van der Waals surface area contributed by atoms with Crippen LogP contribution in [0.4, 0.5) is 18.9 Å². The van der Waals surface area contributed by atoms with Crippen LogP contribution in [-0.2, 0) is 0 Å². The van der Waals surface area contributed by atoms with E-state index in [1.54, 1.807) is 12.3 Å². The molecular weight excluding hydrogens is 295 g/mol. The summed E-state index contributed by atoms with van der Waals surface area (Å²) in [6.07, 6.45) is -2.98. The smallest absolute Gasteiger partial charge is 0.404 e. The average Bonchev–Trinajstić information content (AvgIpc) is 2.10. The molecule has 0 saturated carbocycles. The Kier molecular flexibility index (Phi) is 3.77. The lowest BCUT2D eigenvalue weighted by Crippen LogP contribution is -2.17. The summed E-state index contributed by atoms with van der Waals surface area (Å²) in [5.74, 6) is -0.327. The number of benzene rings is 1. The minimum atomic E-state index is -4.72. The first-order valence-corrected chi connectivity index (χ1v) is 5.74. The van der Waals surface area contributed by atoms with Crippen LogP contribution in [-0.4, -0.2) is 12.6 Å².